The third kappa shape index (κ3) is 2.57. The van der Waals surface area contributed by atoms with E-state index >= 15 is 0 Å². The third-order valence-corrected chi connectivity index (χ3v) is 2.52. The van der Waals surface area contributed by atoms with Crippen molar-refractivity contribution in [2.75, 3.05) is 0 Å². The largest absolute Gasteiger partial charge is 0.412 e. The van der Waals surface area contributed by atoms with Gasteiger partial charge in [0.1, 0.15) is 5.39 Å². The Labute approximate surface area is 102 Å². The molecule has 0 atom stereocenters. The number of hydrogen-bond acceptors (Lipinski definition) is 4. The summed E-state index contributed by atoms with van der Waals surface area (Å²) in [5.74, 6) is 0. The minimum Gasteiger partial charge on any atom is -0.412 e. The van der Waals surface area contributed by atoms with Crippen LogP contribution in [-0.4, -0.2) is 15.4 Å². The zero-order valence-electron chi connectivity index (χ0n) is 9.83. The molecule has 0 amide bonds. The van der Waals surface area contributed by atoms with Gasteiger partial charge in [0.2, 0.25) is 5.71 Å². The Kier molecular flexibility index (Phi) is 4.22. The summed E-state index contributed by atoms with van der Waals surface area (Å²) in [6.45, 7) is 2.01. The van der Waals surface area contributed by atoms with Gasteiger partial charge in [-0.25, -0.2) is 9.59 Å². The fraction of sp³-hybridized carbons (Fsp3) is 0.364. The molecule has 7 heteroatoms. The molecule has 2 rings (SSSR count). The second-order valence-electron chi connectivity index (χ2n) is 3.81. The van der Waals surface area contributed by atoms with Gasteiger partial charge in [-0.1, -0.05) is 13.3 Å². The molecule has 0 aromatic carbocycles. The van der Waals surface area contributed by atoms with Gasteiger partial charge in [-0.3, -0.25) is 14.8 Å². The number of aromatic nitrogens is 2. The number of aryl methyl sites for hydroxylation is 1. The number of nitrogens with one attached hydrogen (secondary N) is 2. The molecule has 4 N–H and O–H groups in total. The number of fused-ring (bicyclic) bond motifs is 1. The van der Waals surface area contributed by atoms with Crippen LogP contribution in [0.3, 0.4) is 0 Å². The van der Waals surface area contributed by atoms with E-state index in [1.165, 1.54) is 6.07 Å². The van der Waals surface area contributed by atoms with Crippen LogP contribution in [0, 0.1) is 0 Å². The second-order valence-corrected chi connectivity index (χ2v) is 3.81. The van der Waals surface area contributed by atoms with Crippen LogP contribution in [0.2, 0.25) is 0 Å². The van der Waals surface area contributed by atoms with E-state index in [1.807, 2.05) is 6.92 Å². The third-order valence-electron chi connectivity index (χ3n) is 2.52. The van der Waals surface area contributed by atoms with Crippen LogP contribution in [0.25, 0.3) is 11.1 Å². The molecule has 2 heterocycles. The van der Waals surface area contributed by atoms with Crippen molar-refractivity contribution < 1.29 is 11.3 Å². The number of aromatic amines is 2. The molecule has 0 aliphatic heterocycles. The molecular formula is C11H16N2O5. The van der Waals surface area contributed by atoms with Crippen LogP contribution in [-0.2, 0) is 6.42 Å². The maximum atomic E-state index is 11.7. The first-order valence-electron chi connectivity index (χ1n) is 5.41. The molecule has 18 heavy (non-hydrogen) atoms. The van der Waals surface area contributed by atoms with Crippen molar-refractivity contribution in [3.8, 4) is 0 Å². The molecule has 0 saturated carbocycles. The van der Waals surface area contributed by atoms with Crippen LogP contribution in [0.5, 0.6) is 0 Å². The molecule has 2 aromatic rings. The lowest BCUT2D eigenvalue weighted by Gasteiger charge is -2.02. The summed E-state index contributed by atoms with van der Waals surface area (Å²) in [5, 5.41) is 0.248. The van der Waals surface area contributed by atoms with Crippen LogP contribution in [0.15, 0.2) is 24.9 Å². The number of hydrogen-bond donors (Lipinski definition) is 2. The molecule has 0 aliphatic rings. The topological polar surface area (TPSA) is 127 Å². The minimum absolute atomic E-state index is 0. The molecule has 7 nitrogen and oxygen atoms in total. The summed E-state index contributed by atoms with van der Waals surface area (Å²) in [6, 6.07) is 1.30. The summed E-state index contributed by atoms with van der Waals surface area (Å²) in [4.78, 5) is 38.4. The normalized spacial score (nSPS) is 10.3. The van der Waals surface area contributed by atoms with E-state index in [0.29, 0.717) is 12.0 Å². The van der Waals surface area contributed by atoms with Crippen molar-refractivity contribution in [1.29, 1.82) is 0 Å². The maximum Gasteiger partial charge on any atom is 0.337 e. The van der Waals surface area contributed by atoms with Gasteiger partial charge >= 0.3 is 11.3 Å². The second kappa shape index (κ2) is 5.46. The van der Waals surface area contributed by atoms with Gasteiger partial charge in [0.25, 0.3) is 5.56 Å². The van der Waals surface area contributed by atoms with Crippen molar-refractivity contribution in [3.63, 3.8) is 0 Å². The van der Waals surface area contributed by atoms with Crippen molar-refractivity contribution >= 4 is 11.1 Å². The van der Waals surface area contributed by atoms with Gasteiger partial charge in [-0.2, -0.15) is 0 Å². The van der Waals surface area contributed by atoms with Gasteiger partial charge in [0, 0.05) is 7.49 Å². The van der Waals surface area contributed by atoms with Crippen LogP contribution in [0.4, 0.5) is 0 Å². The quantitative estimate of drug-likeness (QED) is 0.796. The van der Waals surface area contributed by atoms with Crippen molar-refractivity contribution in [2.24, 2.45) is 0 Å². The zero-order chi connectivity index (χ0) is 12.4. The van der Waals surface area contributed by atoms with E-state index in [4.69, 9.17) is 4.42 Å². The van der Waals surface area contributed by atoms with E-state index in [2.05, 4.69) is 9.97 Å². The van der Waals surface area contributed by atoms with Crippen molar-refractivity contribution in [3.05, 3.63) is 42.9 Å². The van der Waals surface area contributed by atoms with Crippen molar-refractivity contribution in [1.82, 2.24) is 9.97 Å². The molecule has 0 fully saturated rings. The molecule has 100 valence electrons. The summed E-state index contributed by atoms with van der Waals surface area (Å²) in [7, 11) is 0. The Morgan fingerprint density at radius 1 is 1.28 bits per heavy atom. The van der Waals surface area contributed by atoms with Gasteiger partial charge in [-0.05, 0) is 18.4 Å². The van der Waals surface area contributed by atoms with E-state index < -0.39 is 16.9 Å². The summed E-state index contributed by atoms with van der Waals surface area (Å²) in [6.07, 6.45) is 2.41. The Hall–Kier alpha value is -2.15. The van der Waals surface area contributed by atoms with E-state index in [-0.39, 0.29) is 18.0 Å². The standard InChI is InChI=1S/C11H12N2O4.H2O.H2/c1-2-3-4-6-5-7(14)17-10-8(6)9(15)12-11(16)13-10;;/h5H,2-4H2,1H3,(H2,12,13,15,16);1H2;1H. The Balaban J connectivity index is 0.00000162. The molecule has 0 saturated heterocycles. The van der Waals surface area contributed by atoms with Crippen LogP contribution >= 0.6 is 0 Å². The minimum atomic E-state index is -0.682. The van der Waals surface area contributed by atoms with Crippen LogP contribution in [0.1, 0.15) is 26.8 Å². The average Bonchev–Trinajstić information content (AvgIpc) is 2.24. The summed E-state index contributed by atoms with van der Waals surface area (Å²) < 4.78 is 4.81. The molecular weight excluding hydrogens is 240 g/mol. The first-order chi connectivity index (χ1) is 8.11. The highest BCUT2D eigenvalue weighted by molar-refractivity contribution is 5.75. The molecule has 0 unspecified atom stereocenters. The predicted octanol–water partition coefficient (Wildman–Crippen LogP) is -0.0665. The first-order valence-corrected chi connectivity index (χ1v) is 5.41. The van der Waals surface area contributed by atoms with Crippen LogP contribution < -0.4 is 16.9 Å². The lowest BCUT2D eigenvalue weighted by molar-refractivity contribution is 0.543. The molecule has 0 bridgehead atoms. The van der Waals surface area contributed by atoms with Gasteiger partial charge < -0.3 is 9.89 Å². The lowest BCUT2D eigenvalue weighted by Crippen LogP contribution is -2.24. The number of rotatable bonds is 3. The maximum absolute atomic E-state index is 11.7. The van der Waals surface area contributed by atoms with E-state index in [0.717, 1.165) is 12.8 Å². The SMILES string of the molecule is CCCCc1cc(=O)oc2[nH]c(=O)[nH]c(=O)c12.O.[HH]. The first kappa shape index (κ1) is 13.9. The Morgan fingerprint density at radius 3 is 2.67 bits per heavy atom. The Morgan fingerprint density at radius 2 is 2.00 bits per heavy atom. The molecule has 0 aliphatic carbocycles. The molecule has 0 radical (unpaired) electrons. The fourth-order valence-electron chi connectivity index (χ4n) is 1.74. The van der Waals surface area contributed by atoms with Crippen molar-refractivity contribution in [2.45, 2.75) is 26.2 Å². The lowest BCUT2D eigenvalue weighted by atomic mass is 10.1. The Bertz CT molecular complexity index is 710. The average molecular weight is 256 g/mol. The van der Waals surface area contributed by atoms with E-state index in [9.17, 15) is 14.4 Å². The molecule has 2 aromatic heterocycles. The monoisotopic (exact) mass is 256 g/mol. The number of unbranched alkanes of at least 4 members (excludes halogenated alkanes) is 1. The highest BCUT2D eigenvalue weighted by Gasteiger charge is 2.10. The zero-order valence-corrected chi connectivity index (χ0v) is 9.83. The smallest absolute Gasteiger partial charge is 0.337 e. The molecule has 0 spiro atoms. The fourth-order valence-corrected chi connectivity index (χ4v) is 1.74. The predicted molar refractivity (Wildman–Crippen MR) is 68.1 cm³/mol. The highest BCUT2D eigenvalue weighted by atomic mass is 16.4. The highest BCUT2D eigenvalue weighted by Crippen LogP contribution is 2.11. The van der Waals surface area contributed by atoms with Gasteiger partial charge in [-0.15, -0.1) is 0 Å². The summed E-state index contributed by atoms with van der Waals surface area (Å²) in [5.41, 5.74) is -1.23. The number of H-pyrrole nitrogens is 2. The van der Waals surface area contributed by atoms with E-state index in [1.54, 1.807) is 0 Å². The van der Waals surface area contributed by atoms with Gasteiger partial charge in [0.15, 0.2) is 0 Å². The summed E-state index contributed by atoms with van der Waals surface area (Å²) >= 11 is 0. The van der Waals surface area contributed by atoms with Gasteiger partial charge in [0.05, 0.1) is 0 Å².